The number of carbonyl (C=O) groups excluding carboxylic acids is 1. The van der Waals surface area contributed by atoms with E-state index in [9.17, 15) is 4.79 Å². The number of thiocarbonyl (C=S) groups is 1. The Morgan fingerprint density at radius 3 is 2.82 bits per heavy atom. The number of carbonyl (C=O) groups is 1. The predicted molar refractivity (Wildman–Crippen MR) is 69.6 cm³/mol. The SMILES string of the molecule is CCC(=O)N1C(=S)OC[C@@H]1Cc1ccccc1. The van der Waals surface area contributed by atoms with Gasteiger partial charge in [0.15, 0.2) is 0 Å². The molecule has 1 atom stereocenters. The third kappa shape index (κ3) is 2.64. The van der Waals surface area contributed by atoms with Crippen LogP contribution in [0.4, 0.5) is 0 Å². The highest BCUT2D eigenvalue weighted by atomic mass is 32.1. The average Bonchev–Trinajstić information content (AvgIpc) is 2.71. The molecule has 90 valence electrons. The van der Waals surface area contributed by atoms with Gasteiger partial charge in [-0.2, -0.15) is 0 Å². The Bertz CT molecular complexity index is 419. The van der Waals surface area contributed by atoms with Crippen LogP contribution in [0.2, 0.25) is 0 Å². The maximum Gasteiger partial charge on any atom is 0.266 e. The Labute approximate surface area is 106 Å². The van der Waals surface area contributed by atoms with Crippen molar-refractivity contribution in [3.05, 3.63) is 35.9 Å². The van der Waals surface area contributed by atoms with Crippen molar-refractivity contribution in [3.8, 4) is 0 Å². The summed E-state index contributed by atoms with van der Waals surface area (Å²) in [5.74, 6) is 0.0356. The fraction of sp³-hybridized carbons (Fsp3) is 0.385. The van der Waals surface area contributed by atoms with Crippen LogP contribution in [0.15, 0.2) is 30.3 Å². The largest absolute Gasteiger partial charge is 0.468 e. The number of amides is 1. The van der Waals surface area contributed by atoms with Crippen LogP contribution >= 0.6 is 12.2 Å². The lowest BCUT2D eigenvalue weighted by molar-refractivity contribution is -0.127. The summed E-state index contributed by atoms with van der Waals surface area (Å²) < 4.78 is 5.31. The van der Waals surface area contributed by atoms with E-state index in [0.29, 0.717) is 18.2 Å². The molecule has 1 aliphatic heterocycles. The van der Waals surface area contributed by atoms with Gasteiger partial charge in [-0.05, 0) is 24.2 Å². The van der Waals surface area contributed by atoms with Gasteiger partial charge in [0.25, 0.3) is 5.17 Å². The topological polar surface area (TPSA) is 29.5 Å². The van der Waals surface area contributed by atoms with Gasteiger partial charge in [-0.25, -0.2) is 0 Å². The molecule has 4 heteroatoms. The van der Waals surface area contributed by atoms with Gasteiger partial charge in [0.05, 0.1) is 6.04 Å². The molecule has 2 rings (SSSR count). The lowest BCUT2D eigenvalue weighted by atomic mass is 10.1. The van der Waals surface area contributed by atoms with Gasteiger partial charge >= 0.3 is 0 Å². The summed E-state index contributed by atoms with van der Waals surface area (Å²) in [6.07, 6.45) is 1.24. The molecule has 0 spiro atoms. The van der Waals surface area contributed by atoms with E-state index < -0.39 is 0 Å². The van der Waals surface area contributed by atoms with Crippen molar-refractivity contribution in [2.45, 2.75) is 25.8 Å². The van der Waals surface area contributed by atoms with Crippen molar-refractivity contribution in [2.75, 3.05) is 6.61 Å². The monoisotopic (exact) mass is 249 g/mol. The number of hydrogen-bond acceptors (Lipinski definition) is 3. The summed E-state index contributed by atoms with van der Waals surface area (Å²) in [5.41, 5.74) is 1.19. The number of hydrogen-bond donors (Lipinski definition) is 0. The molecule has 0 unspecified atom stereocenters. The Morgan fingerprint density at radius 2 is 2.18 bits per heavy atom. The lowest BCUT2D eigenvalue weighted by Crippen LogP contribution is -2.39. The molecule has 1 saturated heterocycles. The molecule has 1 aromatic carbocycles. The minimum Gasteiger partial charge on any atom is -0.468 e. The van der Waals surface area contributed by atoms with Gasteiger partial charge < -0.3 is 4.74 Å². The van der Waals surface area contributed by atoms with E-state index in [0.717, 1.165) is 6.42 Å². The molecule has 0 aliphatic carbocycles. The maximum atomic E-state index is 11.8. The van der Waals surface area contributed by atoms with Gasteiger partial charge in [-0.15, -0.1) is 0 Å². The molecule has 1 amide bonds. The van der Waals surface area contributed by atoms with Crippen molar-refractivity contribution in [1.82, 2.24) is 4.90 Å². The first-order valence-corrected chi connectivity index (χ1v) is 6.16. The standard InChI is InChI=1S/C13H15NO2S/c1-2-12(15)14-11(9-16-13(14)17)8-10-6-4-3-5-7-10/h3-7,11H,2,8-9H2,1H3/t11-/m0/s1. The number of rotatable bonds is 3. The lowest BCUT2D eigenvalue weighted by Gasteiger charge is -2.20. The smallest absolute Gasteiger partial charge is 0.266 e. The van der Waals surface area contributed by atoms with E-state index in [2.05, 4.69) is 12.1 Å². The molecule has 1 heterocycles. The summed E-state index contributed by atoms with van der Waals surface area (Å²) in [5, 5.41) is 0.317. The highest BCUT2D eigenvalue weighted by Gasteiger charge is 2.33. The van der Waals surface area contributed by atoms with Crippen LogP contribution in [0.3, 0.4) is 0 Å². The quantitative estimate of drug-likeness (QED) is 0.769. The van der Waals surface area contributed by atoms with E-state index in [1.54, 1.807) is 4.90 Å². The van der Waals surface area contributed by atoms with Crippen LogP contribution in [-0.2, 0) is 16.0 Å². The predicted octanol–water partition coefficient (Wildman–Crippen LogP) is 2.15. The summed E-state index contributed by atoms with van der Waals surface area (Å²) in [6.45, 7) is 2.34. The van der Waals surface area contributed by atoms with Crippen molar-refractivity contribution in [2.24, 2.45) is 0 Å². The molecule has 0 aromatic heterocycles. The molecule has 0 N–H and O–H groups in total. The first kappa shape index (κ1) is 12.0. The molecule has 0 radical (unpaired) electrons. The molecule has 0 bridgehead atoms. The molecule has 3 nitrogen and oxygen atoms in total. The summed E-state index contributed by atoms with van der Waals surface area (Å²) in [7, 11) is 0. The minimum atomic E-state index is 0.0356. The molecule has 17 heavy (non-hydrogen) atoms. The van der Waals surface area contributed by atoms with Gasteiger partial charge in [0, 0.05) is 6.42 Å². The minimum absolute atomic E-state index is 0.0356. The first-order chi connectivity index (χ1) is 8.22. The summed E-state index contributed by atoms with van der Waals surface area (Å²) in [6, 6.07) is 10.1. The Kier molecular flexibility index (Phi) is 3.74. The van der Waals surface area contributed by atoms with Crippen LogP contribution in [0.1, 0.15) is 18.9 Å². The molecular weight excluding hydrogens is 234 g/mol. The van der Waals surface area contributed by atoms with Gasteiger partial charge in [0.1, 0.15) is 6.61 Å². The van der Waals surface area contributed by atoms with Crippen molar-refractivity contribution >= 4 is 23.3 Å². The molecule has 1 aliphatic rings. The summed E-state index contributed by atoms with van der Waals surface area (Å²) in [4.78, 5) is 13.4. The second-order valence-electron chi connectivity index (χ2n) is 4.04. The Balaban J connectivity index is 2.10. The maximum absolute atomic E-state index is 11.8. The highest BCUT2D eigenvalue weighted by Crippen LogP contribution is 2.18. The zero-order valence-corrected chi connectivity index (χ0v) is 10.6. The Hall–Kier alpha value is -1.42. The van der Waals surface area contributed by atoms with Crippen LogP contribution < -0.4 is 0 Å². The Morgan fingerprint density at radius 1 is 1.47 bits per heavy atom. The van der Waals surface area contributed by atoms with E-state index in [4.69, 9.17) is 17.0 Å². The van der Waals surface area contributed by atoms with E-state index in [-0.39, 0.29) is 11.9 Å². The third-order valence-electron chi connectivity index (χ3n) is 2.85. The molecule has 0 saturated carbocycles. The second kappa shape index (κ2) is 5.27. The molecule has 1 fully saturated rings. The van der Waals surface area contributed by atoms with E-state index >= 15 is 0 Å². The number of nitrogens with zero attached hydrogens (tertiary/aromatic N) is 1. The summed E-state index contributed by atoms with van der Waals surface area (Å²) >= 11 is 5.06. The first-order valence-electron chi connectivity index (χ1n) is 5.75. The van der Waals surface area contributed by atoms with Crippen molar-refractivity contribution < 1.29 is 9.53 Å². The van der Waals surface area contributed by atoms with Gasteiger partial charge in [-0.3, -0.25) is 9.69 Å². The second-order valence-corrected chi connectivity index (χ2v) is 4.39. The molecular formula is C13H15NO2S. The van der Waals surface area contributed by atoms with Crippen LogP contribution in [0.25, 0.3) is 0 Å². The number of benzene rings is 1. The average molecular weight is 249 g/mol. The van der Waals surface area contributed by atoms with Crippen LogP contribution in [0.5, 0.6) is 0 Å². The van der Waals surface area contributed by atoms with Crippen molar-refractivity contribution in [1.29, 1.82) is 0 Å². The third-order valence-corrected chi connectivity index (χ3v) is 3.16. The van der Waals surface area contributed by atoms with E-state index in [1.165, 1.54) is 5.56 Å². The zero-order valence-electron chi connectivity index (χ0n) is 9.76. The van der Waals surface area contributed by atoms with Gasteiger partial charge in [0.2, 0.25) is 5.91 Å². The normalized spacial score (nSPS) is 19.2. The molecule has 1 aromatic rings. The van der Waals surface area contributed by atoms with Crippen molar-refractivity contribution in [3.63, 3.8) is 0 Å². The number of ether oxygens (including phenoxy) is 1. The fourth-order valence-corrected chi connectivity index (χ4v) is 2.29. The fourth-order valence-electron chi connectivity index (χ4n) is 1.97. The van der Waals surface area contributed by atoms with Gasteiger partial charge in [-0.1, -0.05) is 37.3 Å². The van der Waals surface area contributed by atoms with Crippen LogP contribution in [-0.4, -0.2) is 28.6 Å². The zero-order chi connectivity index (χ0) is 12.3. The highest BCUT2D eigenvalue weighted by molar-refractivity contribution is 7.80. The van der Waals surface area contributed by atoms with Crippen LogP contribution in [0, 0.1) is 0 Å². The van der Waals surface area contributed by atoms with E-state index in [1.807, 2.05) is 25.1 Å².